The number of hydrogen-bond acceptors (Lipinski definition) is 4. The number of nitrogens with zero attached hydrogens (tertiary/aromatic N) is 1. The molecule has 0 unspecified atom stereocenters. The Bertz CT molecular complexity index is 550. The van der Waals surface area contributed by atoms with Crippen molar-refractivity contribution in [2.75, 3.05) is 33.5 Å². The third-order valence-electron chi connectivity index (χ3n) is 3.52. The molecule has 25 heavy (non-hydrogen) atoms. The molecule has 0 fully saturated rings. The average Bonchev–Trinajstić information content (AvgIpc) is 2.60. The lowest BCUT2D eigenvalue weighted by Gasteiger charge is -2.23. The highest BCUT2D eigenvalue weighted by Gasteiger charge is 2.16. The van der Waals surface area contributed by atoms with E-state index in [2.05, 4.69) is 41.0 Å². The van der Waals surface area contributed by atoms with E-state index in [4.69, 9.17) is 4.74 Å². The molecule has 0 atom stereocenters. The first-order valence-corrected chi connectivity index (χ1v) is 9.02. The summed E-state index contributed by atoms with van der Waals surface area (Å²) in [6.07, 6.45) is 2.07. The van der Waals surface area contributed by atoms with E-state index in [1.54, 1.807) is 25.9 Å². The van der Waals surface area contributed by atoms with Crippen LogP contribution in [-0.4, -0.2) is 50.1 Å². The number of thioether (sulfide) groups is 1. The molecule has 142 valence electrons. The van der Waals surface area contributed by atoms with Gasteiger partial charge in [-0.3, -0.25) is 9.79 Å². The van der Waals surface area contributed by atoms with E-state index in [0.29, 0.717) is 12.5 Å². The smallest absolute Gasteiger partial charge is 0.239 e. The molecule has 0 saturated heterocycles. The zero-order chi connectivity index (χ0) is 18.0. The van der Waals surface area contributed by atoms with Gasteiger partial charge in [-0.05, 0) is 37.8 Å². The quantitative estimate of drug-likeness (QED) is 0.303. The molecule has 0 radical (unpaired) electrons. The monoisotopic (exact) mass is 480 g/mol. The number of rotatable bonds is 8. The summed E-state index contributed by atoms with van der Waals surface area (Å²) < 4.78 is 5.21. The molecule has 0 saturated carbocycles. The summed E-state index contributed by atoms with van der Waals surface area (Å²) in [5.41, 5.74) is 1.02. The maximum Gasteiger partial charge on any atom is 0.239 e. The van der Waals surface area contributed by atoms with Crippen LogP contribution in [0.5, 0.6) is 5.75 Å². The van der Waals surface area contributed by atoms with Gasteiger partial charge in [-0.2, -0.15) is 11.8 Å². The normalized spacial score (nSPS) is 11.3. The van der Waals surface area contributed by atoms with Gasteiger partial charge in [0.1, 0.15) is 5.75 Å². The number of methoxy groups -OCH3 is 1. The topological polar surface area (TPSA) is 74.8 Å². The van der Waals surface area contributed by atoms with E-state index in [1.165, 1.54) is 0 Å². The van der Waals surface area contributed by atoms with Crippen LogP contribution in [0.15, 0.2) is 29.3 Å². The highest BCUT2D eigenvalue weighted by atomic mass is 127. The minimum Gasteiger partial charge on any atom is -0.497 e. The van der Waals surface area contributed by atoms with Crippen molar-refractivity contribution < 1.29 is 9.53 Å². The first-order chi connectivity index (χ1) is 11.4. The maximum atomic E-state index is 11.9. The van der Waals surface area contributed by atoms with Gasteiger partial charge in [-0.25, -0.2) is 0 Å². The van der Waals surface area contributed by atoms with E-state index >= 15 is 0 Å². The van der Waals surface area contributed by atoms with Gasteiger partial charge in [0, 0.05) is 24.9 Å². The minimum absolute atomic E-state index is 0. The second-order valence-electron chi connectivity index (χ2n) is 5.87. The molecule has 0 aliphatic rings. The van der Waals surface area contributed by atoms with Gasteiger partial charge in [0.05, 0.1) is 13.7 Å². The van der Waals surface area contributed by atoms with Crippen LogP contribution in [-0.2, 0) is 11.3 Å². The summed E-state index contributed by atoms with van der Waals surface area (Å²) in [7, 11) is 3.32. The Hall–Kier alpha value is -1.16. The highest BCUT2D eigenvalue weighted by Crippen LogP contribution is 2.19. The van der Waals surface area contributed by atoms with Gasteiger partial charge in [-0.1, -0.05) is 12.1 Å². The molecule has 0 bridgehead atoms. The third-order valence-corrected chi connectivity index (χ3v) is 4.77. The molecule has 8 heteroatoms. The number of carbonyl (C=O) groups excluding carboxylic acids is 1. The molecular weight excluding hydrogens is 451 g/mol. The molecule has 1 aromatic rings. The largest absolute Gasteiger partial charge is 0.497 e. The van der Waals surface area contributed by atoms with Gasteiger partial charge >= 0.3 is 0 Å². The fourth-order valence-corrected chi connectivity index (χ4v) is 1.98. The predicted molar refractivity (Wildman–Crippen MR) is 117 cm³/mol. The minimum atomic E-state index is -0.0853. The molecule has 1 aromatic carbocycles. The summed E-state index contributed by atoms with van der Waals surface area (Å²) in [6, 6.07) is 7.60. The van der Waals surface area contributed by atoms with Gasteiger partial charge in [0.15, 0.2) is 5.96 Å². The van der Waals surface area contributed by atoms with Crippen LogP contribution < -0.4 is 20.7 Å². The van der Waals surface area contributed by atoms with Crippen molar-refractivity contribution in [1.29, 1.82) is 0 Å². The Labute approximate surface area is 172 Å². The zero-order valence-electron chi connectivity index (χ0n) is 15.5. The average molecular weight is 480 g/mol. The zero-order valence-corrected chi connectivity index (χ0v) is 18.7. The Morgan fingerprint density at radius 1 is 1.20 bits per heavy atom. The van der Waals surface area contributed by atoms with Crippen LogP contribution in [0.4, 0.5) is 0 Å². The molecule has 6 nitrogen and oxygen atoms in total. The van der Waals surface area contributed by atoms with Crippen LogP contribution in [0.3, 0.4) is 0 Å². The van der Waals surface area contributed by atoms with Crippen LogP contribution in [0.2, 0.25) is 0 Å². The number of hydrogen-bond donors (Lipinski definition) is 3. The third kappa shape index (κ3) is 9.78. The number of halogens is 1. The second kappa shape index (κ2) is 12.2. The van der Waals surface area contributed by atoms with Crippen molar-refractivity contribution in [3.8, 4) is 5.75 Å². The molecule has 0 heterocycles. The van der Waals surface area contributed by atoms with Crippen molar-refractivity contribution in [1.82, 2.24) is 16.0 Å². The van der Waals surface area contributed by atoms with Crippen LogP contribution in [0.25, 0.3) is 0 Å². The van der Waals surface area contributed by atoms with Crippen LogP contribution >= 0.6 is 35.7 Å². The first kappa shape index (κ1) is 23.8. The highest BCUT2D eigenvalue weighted by molar-refractivity contribution is 14.0. The lowest BCUT2D eigenvalue weighted by molar-refractivity contribution is -0.120. The van der Waals surface area contributed by atoms with E-state index in [-0.39, 0.29) is 41.2 Å². The Morgan fingerprint density at radius 2 is 1.84 bits per heavy atom. The van der Waals surface area contributed by atoms with Gasteiger partial charge in [-0.15, -0.1) is 24.0 Å². The van der Waals surface area contributed by atoms with Crippen molar-refractivity contribution in [3.63, 3.8) is 0 Å². The van der Waals surface area contributed by atoms with E-state index in [1.807, 2.05) is 24.3 Å². The molecule has 0 spiro atoms. The maximum absolute atomic E-state index is 11.9. The van der Waals surface area contributed by atoms with Gasteiger partial charge in [0.25, 0.3) is 0 Å². The van der Waals surface area contributed by atoms with Crippen molar-refractivity contribution in [2.24, 2.45) is 4.99 Å². The number of amides is 1. The fraction of sp³-hybridized carbons (Fsp3) is 0.529. The lowest BCUT2D eigenvalue weighted by Crippen LogP contribution is -2.46. The molecule has 0 aliphatic heterocycles. The molecular formula is C17H29IN4O2S. The first-order valence-electron chi connectivity index (χ1n) is 7.79. The Morgan fingerprint density at radius 3 is 2.36 bits per heavy atom. The van der Waals surface area contributed by atoms with E-state index in [9.17, 15) is 4.79 Å². The van der Waals surface area contributed by atoms with Gasteiger partial charge < -0.3 is 20.7 Å². The number of carbonyl (C=O) groups is 1. The molecule has 3 N–H and O–H groups in total. The SMILES string of the molecule is CN=C(NCC(=O)NCc1ccc(OC)cc1)NCC(C)(C)SC.I. The number of nitrogens with one attached hydrogen (secondary N) is 3. The predicted octanol–water partition coefficient (Wildman–Crippen LogP) is 2.24. The summed E-state index contributed by atoms with van der Waals surface area (Å²) in [5.74, 6) is 1.34. The van der Waals surface area contributed by atoms with Crippen molar-refractivity contribution >= 4 is 47.6 Å². The van der Waals surface area contributed by atoms with Crippen LogP contribution in [0, 0.1) is 0 Å². The van der Waals surface area contributed by atoms with Crippen molar-refractivity contribution in [3.05, 3.63) is 29.8 Å². The number of benzene rings is 1. The molecule has 0 aromatic heterocycles. The van der Waals surface area contributed by atoms with E-state index < -0.39 is 0 Å². The number of ether oxygens (including phenoxy) is 1. The number of aliphatic imine (C=N–C) groups is 1. The summed E-state index contributed by atoms with van der Waals surface area (Å²) in [6.45, 7) is 5.73. The van der Waals surface area contributed by atoms with Gasteiger partial charge in [0.2, 0.25) is 5.91 Å². The van der Waals surface area contributed by atoms with Crippen LogP contribution in [0.1, 0.15) is 19.4 Å². The summed E-state index contributed by atoms with van der Waals surface area (Å²) in [4.78, 5) is 16.1. The van der Waals surface area contributed by atoms with Crippen molar-refractivity contribution in [2.45, 2.75) is 25.1 Å². The molecule has 1 amide bonds. The number of guanidine groups is 1. The Kier molecular flexibility index (Phi) is 11.7. The standard InChI is InChI=1S/C17H28N4O2S.HI/c1-17(2,24-5)12-21-16(18-3)20-11-15(22)19-10-13-6-8-14(23-4)9-7-13;/h6-9H,10-12H2,1-5H3,(H,19,22)(H2,18,20,21);1H. The fourth-order valence-electron chi connectivity index (χ4n) is 1.76. The van der Waals surface area contributed by atoms with E-state index in [0.717, 1.165) is 17.9 Å². The molecule has 1 rings (SSSR count). The lowest BCUT2D eigenvalue weighted by atomic mass is 10.2. The summed E-state index contributed by atoms with van der Waals surface area (Å²) >= 11 is 1.78. The molecule has 0 aliphatic carbocycles. The summed E-state index contributed by atoms with van der Waals surface area (Å²) in [5, 5.41) is 9.11. The Balaban J connectivity index is 0.00000576. The second-order valence-corrected chi connectivity index (χ2v) is 7.38.